The van der Waals surface area contributed by atoms with Gasteiger partial charge in [-0.05, 0) is 62.5 Å². The van der Waals surface area contributed by atoms with Crippen LogP contribution in [0, 0.1) is 0 Å². The van der Waals surface area contributed by atoms with E-state index in [2.05, 4.69) is 10.2 Å². The van der Waals surface area contributed by atoms with Gasteiger partial charge in [0.1, 0.15) is 17.2 Å². The second-order valence-corrected chi connectivity index (χ2v) is 6.68. The molecule has 0 aliphatic carbocycles. The van der Waals surface area contributed by atoms with Crippen LogP contribution in [0.4, 0.5) is 0 Å². The Morgan fingerprint density at radius 2 is 1.46 bits per heavy atom. The van der Waals surface area contributed by atoms with E-state index in [1.807, 2.05) is 62.6 Å². The minimum Gasteiger partial charge on any atom is -0.497 e. The molecule has 0 heterocycles. The molecule has 1 unspecified atom stereocenters. The van der Waals surface area contributed by atoms with Crippen molar-refractivity contribution in [2.45, 2.75) is 18.9 Å². The van der Waals surface area contributed by atoms with Crippen molar-refractivity contribution in [1.29, 1.82) is 0 Å². The Morgan fingerprint density at radius 3 is 2.00 bits per heavy atom. The lowest BCUT2D eigenvalue weighted by Crippen LogP contribution is -2.34. The zero-order chi connectivity index (χ0) is 20.4. The Balaban J connectivity index is 1.73. The van der Waals surface area contributed by atoms with E-state index in [0.717, 1.165) is 22.8 Å². The van der Waals surface area contributed by atoms with Crippen LogP contribution in [-0.4, -0.2) is 52.3 Å². The molecule has 2 rings (SSSR count). The van der Waals surface area contributed by atoms with Gasteiger partial charge in [0.25, 0.3) is 0 Å². The SMILES string of the molecule is COc1ccc(OCCCC(=O)NCC(c2ccc(OC)cc2)N(C)C)cc1. The van der Waals surface area contributed by atoms with Gasteiger partial charge in [0, 0.05) is 13.0 Å². The highest BCUT2D eigenvalue weighted by molar-refractivity contribution is 5.75. The van der Waals surface area contributed by atoms with Crippen LogP contribution in [0.2, 0.25) is 0 Å². The fraction of sp³-hybridized carbons (Fsp3) is 0.409. The lowest BCUT2D eigenvalue weighted by Gasteiger charge is -2.25. The second kappa shape index (κ2) is 11.2. The average molecular weight is 386 g/mol. The van der Waals surface area contributed by atoms with E-state index in [1.54, 1.807) is 14.2 Å². The number of amides is 1. The standard InChI is InChI=1S/C22H30N2O4/c1-24(2)21(17-7-9-18(26-3)10-8-17)16-23-22(25)6-5-15-28-20-13-11-19(27-4)12-14-20/h7-14,21H,5-6,15-16H2,1-4H3,(H,23,25). The van der Waals surface area contributed by atoms with E-state index in [4.69, 9.17) is 14.2 Å². The molecule has 6 heteroatoms. The molecule has 2 aromatic carbocycles. The number of hydrogen-bond donors (Lipinski definition) is 1. The minimum atomic E-state index is 0.0266. The number of rotatable bonds is 11. The van der Waals surface area contributed by atoms with Gasteiger partial charge in [0.15, 0.2) is 0 Å². The zero-order valence-corrected chi connectivity index (χ0v) is 17.1. The van der Waals surface area contributed by atoms with Crippen LogP contribution in [0.3, 0.4) is 0 Å². The van der Waals surface area contributed by atoms with Crippen LogP contribution >= 0.6 is 0 Å². The maximum absolute atomic E-state index is 12.2. The van der Waals surface area contributed by atoms with Crippen LogP contribution in [0.25, 0.3) is 0 Å². The van der Waals surface area contributed by atoms with Crippen molar-refractivity contribution >= 4 is 5.91 Å². The summed E-state index contributed by atoms with van der Waals surface area (Å²) in [5, 5.41) is 3.02. The van der Waals surface area contributed by atoms with Gasteiger partial charge in [0.2, 0.25) is 5.91 Å². The predicted molar refractivity (Wildman–Crippen MR) is 110 cm³/mol. The summed E-state index contributed by atoms with van der Waals surface area (Å²) in [6.45, 7) is 1.05. The van der Waals surface area contributed by atoms with Crippen molar-refractivity contribution in [2.75, 3.05) is 41.5 Å². The number of benzene rings is 2. The zero-order valence-electron chi connectivity index (χ0n) is 17.1. The van der Waals surface area contributed by atoms with Crippen molar-refractivity contribution in [3.05, 3.63) is 54.1 Å². The molecule has 0 spiro atoms. The third-order valence-electron chi connectivity index (χ3n) is 4.49. The van der Waals surface area contributed by atoms with Gasteiger partial charge in [0.05, 0.1) is 26.9 Å². The summed E-state index contributed by atoms with van der Waals surface area (Å²) < 4.78 is 16.0. The van der Waals surface area contributed by atoms with Crippen molar-refractivity contribution in [2.24, 2.45) is 0 Å². The quantitative estimate of drug-likeness (QED) is 0.601. The molecule has 0 aromatic heterocycles. The molecule has 6 nitrogen and oxygen atoms in total. The molecule has 152 valence electrons. The molecule has 1 N–H and O–H groups in total. The topological polar surface area (TPSA) is 60.0 Å². The molecule has 0 aliphatic heterocycles. The summed E-state index contributed by atoms with van der Waals surface area (Å²) in [4.78, 5) is 14.3. The fourth-order valence-corrected chi connectivity index (χ4v) is 2.82. The smallest absolute Gasteiger partial charge is 0.220 e. The number of nitrogens with one attached hydrogen (secondary N) is 1. The highest BCUT2D eigenvalue weighted by Crippen LogP contribution is 2.21. The first kappa shape index (κ1) is 21.6. The molecule has 0 bridgehead atoms. The predicted octanol–water partition coefficient (Wildman–Crippen LogP) is 3.28. The molecule has 0 fully saturated rings. The van der Waals surface area contributed by atoms with E-state index in [0.29, 0.717) is 26.0 Å². The monoisotopic (exact) mass is 386 g/mol. The lowest BCUT2D eigenvalue weighted by atomic mass is 10.1. The first-order chi connectivity index (χ1) is 13.5. The maximum atomic E-state index is 12.2. The third kappa shape index (κ3) is 6.78. The van der Waals surface area contributed by atoms with E-state index >= 15 is 0 Å². The first-order valence-electron chi connectivity index (χ1n) is 9.37. The molecule has 0 saturated heterocycles. The summed E-state index contributed by atoms with van der Waals surface area (Å²) in [7, 11) is 7.29. The molecule has 2 aromatic rings. The maximum Gasteiger partial charge on any atom is 0.220 e. The van der Waals surface area contributed by atoms with Gasteiger partial charge in [-0.25, -0.2) is 0 Å². The van der Waals surface area contributed by atoms with Gasteiger partial charge < -0.3 is 24.4 Å². The second-order valence-electron chi connectivity index (χ2n) is 6.68. The Hall–Kier alpha value is -2.73. The Bertz CT molecular complexity index is 714. The summed E-state index contributed by atoms with van der Waals surface area (Å²) in [5.41, 5.74) is 1.13. The number of carbonyl (C=O) groups excluding carboxylic acids is 1. The highest BCUT2D eigenvalue weighted by Gasteiger charge is 2.15. The number of nitrogens with zero attached hydrogens (tertiary/aromatic N) is 1. The van der Waals surface area contributed by atoms with E-state index < -0.39 is 0 Å². The molecule has 0 saturated carbocycles. The highest BCUT2D eigenvalue weighted by atomic mass is 16.5. The molecular formula is C22H30N2O4. The summed E-state index contributed by atoms with van der Waals surface area (Å²) in [6.07, 6.45) is 1.09. The minimum absolute atomic E-state index is 0.0266. The largest absolute Gasteiger partial charge is 0.497 e. The Labute approximate surface area is 167 Å². The van der Waals surface area contributed by atoms with Crippen LogP contribution in [-0.2, 0) is 4.79 Å². The lowest BCUT2D eigenvalue weighted by molar-refractivity contribution is -0.121. The molecule has 1 amide bonds. The summed E-state index contributed by atoms with van der Waals surface area (Å²) in [6, 6.07) is 15.4. The molecule has 1 atom stereocenters. The number of methoxy groups -OCH3 is 2. The van der Waals surface area contributed by atoms with E-state index in [9.17, 15) is 4.79 Å². The average Bonchev–Trinajstić information content (AvgIpc) is 2.72. The number of ether oxygens (including phenoxy) is 3. The van der Waals surface area contributed by atoms with Crippen molar-refractivity contribution < 1.29 is 19.0 Å². The van der Waals surface area contributed by atoms with Gasteiger partial charge in [-0.3, -0.25) is 4.79 Å². The van der Waals surface area contributed by atoms with E-state index in [1.165, 1.54) is 0 Å². The normalized spacial score (nSPS) is 11.8. The molecule has 0 aliphatic rings. The molecule has 28 heavy (non-hydrogen) atoms. The molecular weight excluding hydrogens is 356 g/mol. The fourth-order valence-electron chi connectivity index (χ4n) is 2.82. The first-order valence-corrected chi connectivity index (χ1v) is 9.37. The van der Waals surface area contributed by atoms with Crippen LogP contribution < -0.4 is 19.5 Å². The number of carbonyl (C=O) groups is 1. The van der Waals surface area contributed by atoms with E-state index in [-0.39, 0.29) is 11.9 Å². The Morgan fingerprint density at radius 1 is 0.929 bits per heavy atom. The number of likely N-dealkylation sites (N-methyl/N-ethyl adjacent to an activating group) is 1. The summed E-state index contributed by atoms with van der Waals surface area (Å²) in [5.74, 6) is 2.41. The summed E-state index contributed by atoms with van der Waals surface area (Å²) >= 11 is 0. The van der Waals surface area contributed by atoms with Gasteiger partial charge in [-0.1, -0.05) is 12.1 Å². The van der Waals surface area contributed by atoms with Crippen LogP contribution in [0.15, 0.2) is 48.5 Å². The molecule has 0 radical (unpaired) electrons. The van der Waals surface area contributed by atoms with Crippen molar-refractivity contribution in [3.63, 3.8) is 0 Å². The third-order valence-corrected chi connectivity index (χ3v) is 4.49. The van der Waals surface area contributed by atoms with Crippen LogP contribution in [0.5, 0.6) is 17.2 Å². The Kier molecular flexibility index (Phi) is 8.62. The van der Waals surface area contributed by atoms with Gasteiger partial charge >= 0.3 is 0 Å². The van der Waals surface area contributed by atoms with Gasteiger partial charge in [-0.15, -0.1) is 0 Å². The van der Waals surface area contributed by atoms with Crippen LogP contribution in [0.1, 0.15) is 24.4 Å². The van der Waals surface area contributed by atoms with Crippen molar-refractivity contribution in [3.8, 4) is 17.2 Å². The van der Waals surface area contributed by atoms with Gasteiger partial charge in [-0.2, -0.15) is 0 Å². The number of hydrogen-bond acceptors (Lipinski definition) is 5. The van der Waals surface area contributed by atoms with Crippen molar-refractivity contribution in [1.82, 2.24) is 10.2 Å².